The molecule has 1 aliphatic rings. The molecule has 3 heterocycles. The van der Waals surface area contributed by atoms with Crippen molar-refractivity contribution in [1.82, 2.24) is 19.9 Å². The van der Waals surface area contributed by atoms with Gasteiger partial charge in [-0.2, -0.15) is 0 Å². The first-order valence-corrected chi connectivity index (χ1v) is 11.7. The number of aryl methyl sites for hydroxylation is 3. The minimum absolute atomic E-state index is 0.0151. The quantitative estimate of drug-likeness (QED) is 0.606. The molecule has 0 radical (unpaired) electrons. The molecule has 1 amide bonds. The Labute approximate surface area is 180 Å². The van der Waals surface area contributed by atoms with Crippen LogP contribution in [-0.4, -0.2) is 27.0 Å². The van der Waals surface area contributed by atoms with E-state index in [9.17, 15) is 9.59 Å². The van der Waals surface area contributed by atoms with Crippen LogP contribution in [0.5, 0.6) is 0 Å². The second-order valence-corrected chi connectivity index (χ2v) is 8.92. The van der Waals surface area contributed by atoms with Crippen LogP contribution in [0.15, 0.2) is 28.4 Å². The molecule has 3 aromatic rings. The van der Waals surface area contributed by atoms with Crippen LogP contribution >= 0.6 is 11.3 Å². The standard InChI is InChI=1S/C23H28N4O2S/c1-16-15-30-21(25-16)9-5-6-12-24-22(28)17-10-11-18-19(14-17)26-20-8-4-2-3-7-13-27(20)23(18)29/h10-11,14-15H,2-9,12-13H2,1H3,(H,24,28). The summed E-state index contributed by atoms with van der Waals surface area (Å²) in [6.07, 6.45) is 8.08. The van der Waals surface area contributed by atoms with E-state index in [0.29, 0.717) is 23.0 Å². The SMILES string of the molecule is Cc1csc(CCCCNC(=O)c2ccc3c(=O)n4c(nc3c2)CCCCCC4)n1. The summed E-state index contributed by atoms with van der Waals surface area (Å²) < 4.78 is 1.82. The molecule has 1 aromatic carbocycles. The zero-order valence-electron chi connectivity index (χ0n) is 17.4. The number of carbonyl (C=O) groups is 1. The zero-order chi connectivity index (χ0) is 20.9. The summed E-state index contributed by atoms with van der Waals surface area (Å²) in [6.45, 7) is 3.37. The molecule has 158 valence electrons. The smallest absolute Gasteiger partial charge is 0.261 e. The molecule has 0 saturated carbocycles. The fourth-order valence-electron chi connectivity index (χ4n) is 3.96. The van der Waals surface area contributed by atoms with E-state index < -0.39 is 0 Å². The van der Waals surface area contributed by atoms with Crippen molar-refractivity contribution < 1.29 is 4.79 Å². The maximum absolute atomic E-state index is 12.9. The topological polar surface area (TPSA) is 76.9 Å². The molecule has 7 heteroatoms. The van der Waals surface area contributed by atoms with Crippen LogP contribution in [0.4, 0.5) is 0 Å². The van der Waals surface area contributed by atoms with Crippen LogP contribution in [0, 0.1) is 6.92 Å². The number of nitrogens with zero attached hydrogens (tertiary/aromatic N) is 3. The van der Waals surface area contributed by atoms with Gasteiger partial charge in [0.1, 0.15) is 5.82 Å². The zero-order valence-corrected chi connectivity index (χ0v) is 18.3. The fourth-order valence-corrected chi connectivity index (χ4v) is 4.78. The number of hydrogen-bond donors (Lipinski definition) is 1. The maximum atomic E-state index is 12.9. The van der Waals surface area contributed by atoms with Crippen LogP contribution in [-0.2, 0) is 19.4 Å². The molecule has 0 atom stereocenters. The number of hydrogen-bond acceptors (Lipinski definition) is 5. The summed E-state index contributed by atoms with van der Waals surface area (Å²) in [5.74, 6) is 0.734. The van der Waals surface area contributed by atoms with Crippen molar-refractivity contribution in [3.8, 4) is 0 Å². The Bertz CT molecular complexity index is 1100. The fraction of sp³-hybridized carbons (Fsp3) is 0.478. The molecular weight excluding hydrogens is 396 g/mol. The number of benzene rings is 1. The van der Waals surface area contributed by atoms with Gasteiger partial charge in [-0.3, -0.25) is 14.2 Å². The van der Waals surface area contributed by atoms with Gasteiger partial charge in [0.25, 0.3) is 11.5 Å². The minimum atomic E-state index is -0.115. The van der Waals surface area contributed by atoms with Gasteiger partial charge in [0.2, 0.25) is 0 Å². The number of amides is 1. The highest BCUT2D eigenvalue weighted by Crippen LogP contribution is 2.17. The van der Waals surface area contributed by atoms with Crippen LogP contribution in [0.2, 0.25) is 0 Å². The molecule has 1 aliphatic heterocycles. The number of nitrogens with one attached hydrogen (secondary N) is 1. The Morgan fingerprint density at radius 3 is 2.87 bits per heavy atom. The van der Waals surface area contributed by atoms with E-state index >= 15 is 0 Å². The summed E-state index contributed by atoms with van der Waals surface area (Å²) in [5.41, 5.74) is 2.26. The first-order chi connectivity index (χ1) is 14.6. The third kappa shape index (κ3) is 4.78. The maximum Gasteiger partial charge on any atom is 0.261 e. The van der Waals surface area contributed by atoms with Gasteiger partial charge < -0.3 is 5.32 Å². The minimum Gasteiger partial charge on any atom is -0.352 e. The van der Waals surface area contributed by atoms with Crippen molar-refractivity contribution in [3.63, 3.8) is 0 Å². The molecule has 0 saturated heterocycles. The third-order valence-electron chi connectivity index (χ3n) is 5.60. The molecular formula is C23H28N4O2S. The summed E-state index contributed by atoms with van der Waals surface area (Å²) in [6, 6.07) is 5.23. The summed E-state index contributed by atoms with van der Waals surface area (Å²) in [7, 11) is 0. The second-order valence-electron chi connectivity index (χ2n) is 7.98. The molecule has 6 nitrogen and oxygen atoms in total. The lowest BCUT2D eigenvalue weighted by Gasteiger charge is -2.16. The molecule has 0 aliphatic carbocycles. The van der Waals surface area contributed by atoms with Crippen LogP contribution in [0.25, 0.3) is 10.9 Å². The molecule has 1 N–H and O–H groups in total. The Morgan fingerprint density at radius 1 is 1.17 bits per heavy atom. The van der Waals surface area contributed by atoms with E-state index in [1.54, 1.807) is 29.5 Å². The number of unbranched alkanes of at least 4 members (excludes halogenated alkanes) is 1. The normalized spacial score (nSPS) is 14.2. The summed E-state index contributed by atoms with van der Waals surface area (Å²) >= 11 is 1.69. The van der Waals surface area contributed by atoms with Crippen molar-refractivity contribution >= 4 is 28.1 Å². The Morgan fingerprint density at radius 2 is 2.03 bits per heavy atom. The van der Waals surface area contributed by atoms with E-state index in [2.05, 4.69) is 15.7 Å². The van der Waals surface area contributed by atoms with Gasteiger partial charge in [-0.25, -0.2) is 9.97 Å². The van der Waals surface area contributed by atoms with Gasteiger partial charge in [-0.15, -0.1) is 11.3 Å². The average molecular weight is 425 g/mol. The monoisotopic (exact) mass is 424 g/mol. The Balaban J connectivity index is 1.40. The highest BCUT2D eigenvalue weighted by Gasteiger charge is 2.14. The second kappa shape index (κ2) is 9.51. The third-order valence-corrected chi connectivity index (χ3v) is 6.62. The van der Waals surface area contributed by atoms with Crippen LogP contribution < -0.4 is 10.9 Å². The number of fused-ring (bicyclic) bond motifs is 2. The van der Waals surface area contributed by atoms with Gasteiger partial charge in [0.15, 0.2) is 0 Å². The van der Waals surface area contributed by atoms with Gasteiger partial charge in [0.05, 0.1) is 15.9 Å². The lowest BCUT2D eigenvalue weighted by atomic mass is 10.1. The van der Waals surface area contributed by atoms with Crippen molar-refractivity contribution in [1.29, 1.82) is 0 Å². The lowest BCUT2D eigenvalue weighted by Crippen LogP contribution is -2.27. The van der Waals surface area contributed by atoms with E-state index in [4.69, 9.17) is 4.98 Å². The first kappa shape index (κ1) is 20.7. The predicted octanol–water partition coefficient (Wildman–Crippen LogP) is 4.03. The van der Waals surface area contributed by atoms with E-state index in [-0.39, 0.29) is 11.5 Å². The number of rotatable bonds is 6. The van der Waals surface area contributed by atoms with E-state index in [1.165, 1.54) is 6.42 Å². The van der Waals surface area contributed by atoms with Gasteiger partial charge in [0, 0.05) is 36.1 Å². The molecule has 0 fully saturated rings. The average Bonchev–Trinajstić information content (AvgIpc) is 3.14. The van der Waals surface area contributed by atoms with Crippen molar-refractivity contribution in [2.45, 2.75) is 64.8 Å². The highest BCUT2D eigenvalue weighted by atomic mass is 32.1. The first-order valence-electron chi connectivity index (χ1n) is 10.8. The van der Waals surface area contributed by atoms with Gasteiger partial charge >= 0.3 is 0 Å². The van der Waals surface area contributed by atoms with E-state index in [0.717, 1.165) is 68.0 Å². The highest BCUT2D eigenvalue weighted by molar-refractivity contribution is 7.09. The number of aromatic nitrogens is 3. The van der Waals surface area contributed by atoms with Crippen LogP contribution in [0.1, 0.15) is 65.4 Å². The molecule has 0 bridgehead atoms. The van der Waals surface area contributed by atoms with Crippen LogP contribution in [0.3, 0.4) is 0 Å². The Hall–Kier alpha value is -2.54. The Kier molecular flexibility index (Phi) is 6.57. The van der Waals surface area contributed by atoms with E-state index in [1.807, 2.05) is 11.5 Å². The summed E-state index contributed by atoms with van der Waals surface area (Å²) in [5, 5.41) is 6.80. The van der Waals surface area contributed by atoms with Gasteiger partial charge in [-0.05, 0) is 57.2 Å². The lowest BCUT2D eigenvalue weighted by molar-refractivity contribution is 0.0953. The molecule has 30 heavy (non-hydrogen) atoms. The summed E-state index contributed by atoms with van der Waals surface area (Å²) in [4.78, 5) is 34.7. The molecule has 2 aromatic heterocycles. The number of carbonyl (C=O) groups excluding carboxylic acids is 1. The molecule has 4 rings (SSSR count). The molecule has 0 spiro atoms. The van der Waals surface area contributed by atoms with Crippen molar-refractivity contribution in [3.05, 3.63) is 56.0 Å². The van der Waals surface area contributed by atoms with Crippen molar-refractivity contribution in [2.75, 3.05) is 6.54 Å². The number of thiazole rings is 1. The van der Waals surface area contributed by atoms with Crippen molar-refractivity contribution in [2.24, 2.45) is 0 Å². The largest absolute Gasteiger partial charge is 0.352 e. The predicted molar refractivity (Wildman–Crippen MR) is 120 cm³/mol. The molecule has 0 unspecified atom stereocenters. The van der Waals surface area contributed by atoms with Gasteiger partial charge in [-0.1, -0.05) is 12.8 Å².